The molecule has 2 aromatic rings. The van der Waals surface area contributed by atoms with E-state index in [0.717, 1.165) is 5.56 Å². The number of benzene rings is 2. The largest absolute Gasteiger partial charge is 0.493 e. The van der Waals surface area contributed by atoms with Crippen LogP contribution in [0.4, 0.5) is 11.4 Å². The fourth-order valence-electron chi connectivity index (χ4n) is 2.34. The first-order valence-electron chi connectivity index (χ1n) is 8.45. The average Bonchev–Trinajstić information content (AvgIpc) is 2.65. The minimum absolute atomic E-state index is 0. The Morgan fingerprint density at radius 3 is 2.24 bits per heavy atom. The number of nitrogen functional groups attached to an aromatic ring is 2. The summed E-state index contributed by atoms with van der Waals surface area (Å²) in [6, 6.07) is 11.0. The molecule has 0 aromatic heterocycles. The molecule has 0 fully saturated rings. The van der Waals surface area contributed by atoms with Crippen molar-refractivity contribution in [1.29, 1.82) is 0 Å². The molecular formula is C19H30Cl3N3O4. The monoisotopic (exact) mass is 469 g/mol. The summed E-state index contributed by atoms with van der Waals surface area (Å²) in [4.78, 5) is 0. The van der Waals surface area contributed by atoms with Crippen LogP contribution in [0.15, 0.2) is 36.4 Å². The van der Waals surface area contributed by atoms with Crippen LogP contribution >= 0.6 is 37.2 Å². The van der Waals surface area contributed by atoms with Gasteiger partial charge in [0.05, 0.1) is 18.5 Å². The van der Waals surface area contributed by atoms with Gasteiger partial charge in [-0.1, -0.05) is 18.2 Å². The first kappa shape index (κ1) is 29.4. The van der Waals surface area contributed by atoms with Gasteiger partial charge in [0.2, 0.25) is 0 Å². The molecule has 1 unspecified atom stereocenters. The molecule has 2 rings (SSSR count). The topological polar surface area (TPSA) is 112 Å². The van der Waals surface area contributed by atoms with E-state index in [9.17, 15) is 5.11 Å². The molecule has 0 aliphatic carbocycles. The molecule has 0 spiro atoms. The fraction of sp³-hybridized carbons (Fsp3) is 0.368. The molecule has 0 saturated heterocycles. The highest BCUT2D eigenvalue weighted by molar-refractivity contribution is 5.86. The van der Waals surface area contributed by atoms with Gasteiger partial charge in [-0.3, -0.25) is 0 Å². The SMILES string of the molecule is COc1ccccc1OCCNCC(O)COc1ccc(C)c(N)c1N.Cl.Cl.Cl. The Bertz CT molecular complexity index is 723. The minimum Gasteiger partial charge on any atom is -0.493 e. The molecule has 29 heavy (non-hydrogen) atoms. The van der Waals surface area contributed by atoms with Gasteiger partial charge in [0.1, 0.15) is 25.1 Å². The summed E-state index contributed by atoms with van der Waals surface area (Å²) < 4.78 is 16.4. The van der Waals surface area contributed by atoms with Crippen molar-refractivity contribution in [3.05, 3.63) is 42.0 Å². The van der Waals surface area contributed by atoms with Gasteiger partial charge in [-0.25, -0.2) is 0 Å². The highest BCUT2D eigenvalue weighted by Crippen LogP contribution is 2.30. The molecule has 10 heteroatoms. The van der Waals surface area contributed by atoms with E-state index < -0.39 is 6.10 Å². The van der Waals surface area contributed by atoms with Gasteiger partial charge in [-0.05, 0) is 30.7 Å². The summed E-state index contributed by atoms with van der Waals surface area (Å²) in [5, 5.41) is 13.1. The van der Waals surface area contributed by atoms with Crippen molar-refractivity contribution in [3.63, 3.8) is 0 Å². The fourth-order valence-corrected chi connectivity index (χ4v) is 2.34. The maximum Gasteiger partial charge on any atom is 0.161 e. The third kappa shape index (κ3) is 9.06. The number of rotatable bonds is 10. The lowest BCUT2D eigenvalue weighted by atomic mass is 10.1. The van der Waals surface area contributed by atoms with Crippen LogP contribution in [0.1, 0.15) is 5.56 Å². The van der Waals surface area contributed by atoms with Crippen molar-refractivity contribution < 1.29 is 19.3 Å². The Kier molecular flexibility index (Phi) is 15.3. The summed E-state index contributed by atoms with van der Waals surface area (Å²) in [7, 11) is 1.60. The molecule has 0 aliphatic heterocycles. The Morgan fingerprint density at radius 2 is 1.59 bits per heavy atom. The zero-order valence-corrected chi connectivity index (χ0v) is 18.9. The lowest BCUT2D eigenvalue weighted by Gasteiger charge is -2.16. The van der Waals surface area contributed by atoms with Crippen molar-refractivity contribution >= 4 is 48.6 Å². The summed E-state index contributed by atoms with van der Waals surface area (Å²) >= 11 is 0. The van der Waals surface area contributed by atoms with Gasteiger partial charge in [-0.15, -0.1) is 37.2 Å². The highest BCUT2D eigenvalue weighted by atomic mass is 35.5. The summed E-state index contributed by atoms with van der Waals surface area (Å²) in [5.41, 5.74) is 13.6. The molecule has 0 radical (unpaired) electrons. The first-order chi connectivity index (χ1) is 12.5. The predicted octanol–water partition coefficient (Wildman–Crippen LogP) is 2.84. The van der Waals surface area contributed by atoms with E-state index in [1.807, 2.05) is 37.3 Å². The number of ether oxygens (including phenoxy) is 3. The molecular weight excluding hydrogens is 441 g/mol. The Hall–Kier alpha value is -1.77. The number of hydrogen-bond acceptors (Lipinski definition) is 7. The van der Waals surface area contributed by atoms with E-state index in [0.29, 0.717) is 48.3 Å². The van der Waals surface area contributed by atoms with E-state index in [-0.39, 0.29) is 43.8 Å². The molecule has 2 aromatic carbocycles. The lowest BCUT2D eigenvalue weighted by molar-refractivity contribution is 0.106. The number of aliphatic hydroxyl groups is 1. The molecule has 0 amide bonds. The Labute approximate surface area is 190 Å². The van der Waals surface area contributed by atoms with Crippen LogP contribution < -0.4 is 31.0 Å². The molecule has 0 aliphatic rings. The number of nitrogens with one attached hydrogen (secondary N) is 1. The zero-order valence-electron chi connectivity index (χ0n) is 16.4. The number of halogens is 3. The number of hydrogen-bond donors (Lipinski definition) is 4. The van der Waals surface area contributed by atoms with E-state index >= 15 is 0 Å². The van der Waals surface area contributed by atoms with E-state index in [1.165, 1.54) is 0 Å². The minimum atomic E-state index is -0.678. The van der Waals surface area contributed by atoms with Crippen molar-refractivity contribution in [2.75, 3.05) is 44.9 Å². The van der Waals surface area contributed by atoms with Gasteiger partial charge in [0.15, 0.2) is 11.5 Å². The van der Waals surface area contributed by atoms with Crippen LogP contribution in [0.5, 0.6) is 17.2 Å². The van der Waals surface area contributed by atoms with E-state index in [2.05, 4.69) is 5.32 Å². The van der Waals surface area contributed by atoms with Crippen molar-refractivity contribution in [2.24, 2.45) is 0 Å². The molecule has 0 saturated carbocycles. The van der Waals surface area contributed by atoms with Crippen molar-refractivity contribution in [3.8, 4) is 17.2 Å². The van der Waals surface area contributed by atoms with Crippen LogP contribution in [0.3, 0.4) is 0 Å². The number of nitrogens with two attached hydrogens (primary N) is 2. The second-order valence-electron chi connectivity index (χ2n) is 5.88. The van der Waals surface area contributed by atoms with E-state index in [4.69, 9.17) is 25.7 Å². The van der Waals surface area contributed by atoms with Gasteiger partial charge in [0, 0.05) is 13.1 Å². The average molecular weight is 471 g/mol. The summed E-state index contributed by atoms with van der Waals surface area (Å²) in [5.74, 6) is 1.86. The maximum absolute atomic E-state index is 10.0. The standard InChI is InChI=1S/C19H27N3O4.3ClH/c1-13-7-8-17(19(21)18(13)20)26-12-14(23)11-22-9-10-25-16-6-4-3-5-15(16)24-2;;;/h3-8,14,22-23H,9-12,20-21H2,1-2H3;3*1H. The Morgan fingerprint density at radius 1 is 0.931 bits per heavy atom. The molecule has 6 N–H and O–H groups in total. The maximum atomic E-state index is 10.0. The number of aryl methyl sites for hydroxylation is 1. The summed E-state index contributed by atoms with van der Waals surface area (Å²) in [6.45, 7) is 3.40. The van der Waals surface area contributed by atoms with Gasteiger partial charge in [-0.2, -0.15) is 0 Å². The number of anilines is 2. The van der Waals surface area contributed by atoms with Crippen molar-refractivity contribution in [1.82, 2.24) is 5.32 Å². The Balaban J connectivity index is 0. The second-order valence-corrected chi connectivity index (χ2v) is 5.88. The highest BCUT2D eigenvalue weighted by Gasteiger charge is 2.10. The van der Waals surface area contributed by atoms with Crippen LogP contribution in [-0.4, -0.2) is 44.6 Å². The third-order valence-corrected chi connectivity index (χ3v) is 3.88. The van der Waals surface area contributed by atoms with Gasteiger partial charge < -0.3 is 36.1 Å². The van der Waals surface area contributed by atoms with Crippen LogP contribution in [-0.2, 0) is 0 Å². The number of para-hydroxylation sites is 2. The first-order valence-corrected chi connectivity index (χ1v) is 8.45. The van der Waals surface area contributed by atoms with Gasteiger partial charge >= 0.3 is 0 Å². The predicted molar refractivity (Wildman–Crippen MR) is 125 cm³/mol. The van der Waals surface area contributed by atoms with E-state index in [1.54, 1.807) is 13.2 Å². The van der Waals surface area contributed by atoms with Gasteiger partial charge in [0.25, 0.3) is 0 Å². The van der Waals surface area contributed by atoms with Crippen LogP contribution in [0, 0.1) is 6.92 Å². The smallest absolute Gasteiger partial charge is 0.161 e. The molecule has 7 nitrogen and oxygen atoms in total. The molecule has 166 valence electrons. The summed E-state index contributed by atoms with van der Waals surface area (Å²) in [6.07, 6.45) is -0.678. The van der Waals surface area contributed by atoms with Crippen LogP contribution in [0.2, 0.25) is 0 Å². The van der Waals surface area contributed by atoms with Crippen LogP contribution in [0.25, 0.3) is 0 Å². The second kappa shape index (κ2) is 15.1. The molecule has 0 heterocycles. The number of methoxy groups -OCH3 is 1. The molecule has 0 bridgehead atoms. The third-order valence-electron chi connectivity index (χ3n) is 3.88. The molecule has 1 atom stereocenters. The van der Waals surface area contributed by atoms with Crippen molar-refractivity contribution in [2.45, 2.75) is 13.0 Å². The normalized spacial score (nSPS) is 10.6. The zero-order chi connectivity index (χ0) is 18.9. The quantitative estimate of drug-likeness (QED) is 0.312. The lowest BCUT2D eigenvalue weighted by Crippen LogP contribution is -2.33. The number of aliphatic hydroxyl groups excluding tert-OH is 1.